The van der Waals surface area contributed by atoms with Gasteiger partial charge in [-0.1, -0.05) is 41.0 Å². The van der Waals surface area contributed by atoms with E-state index in [9.17, 15) is 31.5 Å². The number of hydrogen-bond donors (Lipinski definition) is 1. The highest BCUT2D eigenvalue weighted by Crippen LogP contribution is 2.37. The van der Waals surface area contributed by atoms with Crippen molar-refractivity contribution < 1.29 is 26.5 Å². The molecule has 14 heteroatoms. The first-order valence-corrected chi connectivity index (χ1v) is 10.7. The number of nitrogens with one attached hydrogen (secondary N) is 1. The van der Waals surface area contributed by atoms with E-state index in [1.807, 2.05) is 0 Å². The van der Waals surface area contributed by atoms with Gasteiger partial charge in [0.25, 0.3) is 10.9 Å². The first kappa shape index (κ1) is 25.6. The van der Waals surface area contributed by atoms with E-state index in [2.05, 4.69) is 20.0 Å². The number of nitrogens with zero attached hydrogens (tertiary/aromatic N) is 3. The zero-order valence-corrected chi connectivity index (χ0v) is 19.5. The van der Waals surface area contributed by atoms with Crippen molar-refractivity contribution in [1.29, 1.82) is 0 Å². The Kier molecular flexibility index (Phi) is 6.52. The van der Waals surface area contributed by atoms with Crippen molar-refractivity contribution in [2.24, 2.45) is 0 Å². The second-order valence-corrected chi connectivity index (χ2v) is 8.56. The summed E-state index contributed by atoms with van der Waals surface area (Å²) in [5.74, 6) is -1.15. The average molecular weight is 547 g/mol. The fraction of sp³-hybridized carbons (Fsp3) is 0.182. The van der Waals surface area contributed by atoms with Crippen LogP contribution in [0.5, 0.6) is 0 Å². The first-order chi connectivity index (χ1) is 16.8. The molecule has 1 N–H and O–H groups in total. The fourth-order valence-electron chi connectivity index (χ4n) is 3.39. The minimum absolute atomic E-state index is 0.0345. The minimum Gasteiger partial charge on any atom is -0.365 e. The van der Waals surface area contributed by atoms with Gasteiger partial charge in [-0.05, 0) is 35.4 Å². The Hall–Kier alpha value is -3.51. The zero-order valence-electron chi connectivity index (χ0n) is 18.0. The predicted molar refractivity (Wildman–Crippen MR) is 123 cm³/mol. The Balaban J connectivity index is 1.50. The maximum Gasteiger partial charge on any atom is 0.417 e. The molecule has 0 fully saturated rings. The second-order valence-electron chi connectivity index (χ2n) is 7.67. The molecule has 0 atom stereocenters. The van der Waals surface area contributed by atoms with E-state index in [4.69, 9.17) is 23.2 Å². The molecule has 0 saturated carbocycles. The molecule has 0 spiro atoms. The lowest BCUT2D eigenvalue weighted by molar-refractivity contribution is -0.137. The predicted octanol–water partition coefficient (Wildman–Crippen LogP) is 5.67. The molecule has 4 aromatic rings. The van der Waals surface area contributed by atoms with Crippen molar-refractivity contribution in [2.75, 3.05) is 17.3 Å². The molecular formula is C22H13Cl2F5N4O3. The molecule has 36 heavy (non-hydrogen) atoms. The van der Waals surface area contributed by atoms with Gasteiger partial charge in [-0.25, -0.2) is 0 Å². The van der Waals surface area contributed by atoms with Crippen LogP contribution in [0.3, 0.4) is 0 Å². The molecule has 0 aliphatic rings. The number of alkyl halides is 6. The summed E-state index contributed by atoms with van der Waals surface area (Å²) >= 11 is 10.6. The zero-order chi connectivity index (χ0) is 26.4. The van der Waals surface area contributed by atoms with Crippen LogP contribution in [0.2, 0.25) is 5.02 Å². The lowest BCUT2D eigenvalue weighted by atomic mass is 10.1. The van der Waals surface area contributed by atoms with E-state index in [0.29, 0.717) is 11.1 Å². The van der Waals surface area contributed by atoms with Gasteiger partial charge in [0.1, 0.15) is 11.4 Å². The van der Waals surface area contributed by atoms with E-state index in [-0.39, 0.29) is 29.4 Å². The molecule has 0 saturated heterocycles. The van der Waals surface area contributed by atoms with Crippen LogP contribution in [-0.2, 0) is 18.1 Å². The number of anilines is 3. The van der Waals surface area contributed by atoms with Gasteiger partial charge in [0.2, 0.25) is 5.82 Å². The highest BCUT2D eigenvalue weighted by Gasteiger charge is 2.36. The molecule has 0 amide bonds. The highest BCUT2D eigenvalue weighted by molar-refractivity contribution is 6.31. The summed E-state index contributed by atoms with van der Waals surface area (Å²) in [5, 5.41) is 1.75. The van der Waals surface area contributed by atoms with Gasteiger partial charge < -0.3 is 14.7 Å². The molecule has 0 aliphatic heterocycles. The third-order valence-electron chi connectivity index (χ3n) is 5.11. The molecule has 4 rings (SSSR count). The van der Waals surface area contributed by atoms with Gasteiger partial charge >= 0.3 is 17.4 Å². The molecular weight excluding hydrogens is 534 g/mol. The van der Waals surface area contributed by atoms with Crippen LogP contribution >= 0.6 is 23.2 Å². The Bertz CT molecular complexity index is 1490. The molecule has 188 valence electrons. The molecule has 0 bridgehead atoms. The van der Waals surface area contributed by atoms with Crippen molar-refractivity contribution in [3.63, 3.8) is 0 Å². The van der Waals surface area contributed by atoms with E-state index in [1.165, 1.54) is 17.0 Å². The summed E-state index contributed by atoms with van der Waals surface area (Å²) < 4.78 is 69.3. The molecule has 0 aliphatic carbocycles. The van der Waals surface area contributed by atoms with Crippen LogP contribution in [0.1, 0.15) is 17.0 Å². The number of aromatic nitrogens is 2. The van der Waals surface area contributed by atoms with Gasteiger partial charge in [-0.3, -0.25) is 9.59 Å². The van der Waals surface area contributed by atoms with Crippen LogP contribution in [-0.4, -0.2) is 17.2 Å². The Morgan fingerprint density at radius 1 is 1.03 bits per heavy atom. The maximum atomic E-state index is 13.1. The van der Waals surface area contributed by atoms with Gasteiger partial charge in [0, 0.05) is 24.8 Å². The van der Waals surface area contributed by atoms with Crippen LogP contribution in [0, 0.1) is 0 Å². The topological polar surface area (TPSA) is 88.3 Å². The highest BCUT2D eigenvalue weighted by atomic mass is 35.5. The number of rotatable bonds is 7. The monoisotopic (exact) mass is 546 g/mol. The lowest BCUT2D eigenvalue weighted by Gasteiger charge is -2.24. The average Bonchev–Trinajstić information content (AvgIpc) is 3.29. The smallest absolute Gasteiger partial charge is 0.365 e. The van der Waals surface area contributed by atoms with Crippen LogP contribution < -0.4 is 21.1 Å². The summed E-state index contributed by atoms with van der Waals surface area (Å²) in [5.41, 5.74) is -1.54. The quantitative estimate of drug-likeness (QED) is 0.181. The van der Waals surface area contributed by atoms with Crippen LogP contribution in [0.15, 0.2) is 56.6 Å². The van der Waals surface area contributed by atoms with E-state index in [0.717, 1.165) is 18.2 Å². The van der Waals surface area contributed by atoms with Crippen molar-refractivity contribution in [2.45, 2.75) is 18.1 Å². The van der Waals surface area contributed by atoms with Gasteiger partial charge in [-0.2, -0.15) is 26.9 Å². The molecule has 7 nitrogen and oxygen atoms in total. The fourth-order valence-corrected chi connectivity index (χ4v) is 3.76. The van der Waals surface area contributed by atoms with Crippen LogP contribution in [0.25, 0.3) is 11.4 Å². The lowest BCUT2D eigenvalue weighted by Crippen LogP contribution is -2.40. The third-order valence-corrected chi connectivity index (χ3v) is 5.59. The largest absolute Gasteiger partial charge is 0.417 e. The van der Waals surface area contributed by atoms with Crippen molar-refractivity contribution in [1.82, 2.24) is 10.1 Å². The Labute approximate surface area is 208 Å². The standard InChI is InChI=1S/C22H13Cl2F5N4O3/c1-33(9-10-2-4-11(5-3-10)19-31-20(36-32-19)21(24,25)26)16-15(17(34)18(16)35)30-12-6-7-13(14(23)8-12)22(27,28)29/h2-8,30H,9H2,1H3. The summed E-state index contributed by atoms with van der Waals surface area (Å²) in [6.45, 7) is 0.158. The van der Waals surface area contributed by atoms with E-state index in [1.54, 1.807) is 19.2 Å². The summed E-state index contributed by atoms with van der Waals surface area (Å²) in [4.78, 5) is 29.4. The normalized spacial score (nSPS) is 12.2. The molecule has 1 aromatic heterocycles. The van der Waals surface area contributed by atoms with E-state index < -0.39 is 38.9 Å². The minimum atomic E-state index is -4.64. The number of halogens is 7. The van der Waals surface area contributed by atoms with Gasteiger partial charge in [0.05, 0.1) is 10.6 Å². The molecule has 1 heterocycles. The first-order valence-electron chi connectivity index (χ1n) is 9.94. The molecule has 0 radical (unpaired) electrons. The van der Waals surface area contributed by atoms with Crippen molar-refractivity contribution in [3.8, 4) is 11.4 Å². The molecule has 3 aromatic carbocycles. The van der Waals surface area contributed by atoms with Crippen molar-refractivity contribution >= 4 is 40.3 Å². The van der Waals surface area contributed by atoms with Crippen LogP contribution in [0.4, 0.5) is 39.0 Å². The SMILES string of the molecule is CN(Cc1ccc(-c2noc(C(F)(F)Cl)n2)cc1)c1c(Nc2ccc(C(F)(F)F)c(Cl)c2)c(=O)c1=O. The second kappa shape index (κ2) is 9.17. The number of hydrogen-bond acceptors (Lipinski definition) is 7. The van der Waals surface area contributed by atoms with Crippen molar-refractivity contribution in [3.05, 3.63) is 85.0 Å². The summed E-state index contributed by atoms with van der Waals surface area (Å²) in [7, 11) is 1.54. The summed E-state index contributed by atoms with van der Waals surface area (Å²) in [6, 6.07) is 9.18. The van der Waals surface area contributed by atoms with Gasteiger partial charge in [-0.15, -0.1) is 0 Å². The summed E-state index contributed by atoms with van der Waals surface area (Å²) in [6.07, 6.45) is -4.64. The Morgan fingerprint density at radius 2 is 1.69 bits per heavy atom. The van der Waals surface area contributed by atoms with Gasteiger partial charge in [0.15, 0.2) is 0 Å². The maximum absolute atomic E-state index is 13.1. The third kappa shape index (κ3) is 5.05. The number of benzene rings is 2. The molecule has 0 unspecified atom stereocenters. The van der Waals surface area contributed by atoms with E-state index >= 15 is 0 Å². The Morgan fingerprint density at radius 3 is 2.25 bits per heavy atom.